The van der Waals surface area contributed by atoms with E-state index in [1.165, 1.54) is 0 Å². The molecular formula is C10H18O2. The maximum Gasteiger partial charge on any atom is 0.228 e. The average molecular weight is 170 g/mol. The number of hydrogen-bond acceptors (Lipinski definition) is 2. The van der Waals surface area contributed by atoms with Gasteiger partial charge in [-0.05, 0) is 18.8 Å². The fourth-order valence-electron chi connectivity index (χ4n) is 0.799. The van der Waals surface area contributed by atoms with Crippen LogP contribution in [0, 0.1) is 17.8 Å². The molecule has 2 N–H and O–H groups in total. The van der Waals surface area contributed by atoms with Gasteiger partial charge in [0.05, 0.1) is 0 Å². The van der Waals surface area contributed by atoms with Crippen molar-refractivity contribution in [2.75, 3.05) is 0 Å². The first-order valence-corrected chi connectivity index (χ1v) is 4.53. The van der Waals surface area contributed by atoms with Crippen LogP contribution in [0.2, 0.25) is 0 Å². The molecule has 0 bridgehead atoms. The van der Waals surface area contributed by atoms with Gasteiger partial charge in [-0.1, -0.05) is 26.7 Å². The summed E-state index contributed by atoms with van der Waals surface area (Å²) in [6, 6.07) is 0. The Morgan fingerprint density at radius 3 is 2.00 bits per heavy atom. The minimum Gasteiger partial charge on any atom is -0.356 e. The molecule has 0 aromatic carbocycles. The van der Waals surface area contributed by atoms with Crippen molar-refractivity contribution < 1.29 is 10.2 Å². The molecule has 0 atom stereocenters. The molecule has 2 nitrogen and oxygen atoms in total. The Hall–Kier alpha value is -0.520. The van der Waals surface area contributed by atoms with Crippen LogP contribution in [0.3, 0.4) is 0 Å². The third kappa shape index (κ3) is 4.38. The lowest BCUT2D eigenvalue weighted by Gasteiger charge is -2.11. The molecule has 0 aliphatic carbocycles. The van der Waals surface area contributed by atoms with Crippen molar-refractivity contribution in [1.29, 1.82) is 0 Å². The number of aliphatic hydroxyl groups is 2. The molecular weight excluding hydrogens is 152 g/mol. The summed E-state index contributed by atoms with van der Waals surface area (Å²) in [5.41, 5.74) is 0. The van der Waals surface area contributed by atoms with E-state index in [9.17, 15) is 0 Å². The van der Waals surface area contributed by atoms with Crippen molar-refractivity contribution in [3.05, 3.63) is 0 Å². The van der Waals surface area contributed by atoms with Gasteiger partial charge in [-0.2, -0.15) is 0 Å². The summed E-state index contributed by atoms with van der Waals surface area (Å²) in [6.45, 7) is 5.79. The third-order valence-electron chi connectivity index (χ3n) is 1.96. The first kappa shape index (κ1) is 11.5. The summed E-state index contributed by atoms with van der Waals surface area (Å²) in [4.78, 5) is 0. The predicted molar refractivity (Wildman–Crippen MR) is 49.3 cm³/mol. The molecule has 70 valence electrons. The van der Waals surface area contributed by atoms with E-state index in [1.54, 1.807) is 6.92 Å². The molecule has 0 unspecified atom stereocenters. The smallest absolute Gasteiger partial charge is 0.228 e. The van der Waals surface area contributed by atoms with Gasteiger partial charge >= 0.3 is 0 Å². The zero-order chi connectivity index (χ0) is 9.61. The van der Waals surface area contributed by atoms with Gasteiger partial charge in [0.1, 0.15) is 0 Å². The van der Waals surface area contributed by atoms with Crippen LogP contribution in [0.1, 0.15) is 40.0 Å². The third-order valence-corrected chi connectivity index (χ3v) is 1.96. The lowest BCUT2D eigenvalue weighted by Crippen LogP contribution is -2.24. The van der Waals surface area contributed by atoms with Gasteiger partial charge in [0.2, 0.25) is 5.79 Å². The van der Waals surface area contributed by atoms with Crippen molar-refractivity contribution in [2.45, 2.75) is 45.8 Å². The summed E-state index contributed by atoms with van der Waals surface area (Å²) in [6.07, 6.45) is 2.17. The van der Waals surface area contributed by atoms with Crippen molar-refractivity contribution in [3.8, 4) is 11.8 Å². The maximum atomic E-state index is 9.15. The minimum atomic E-state index is -1.79. The van der Waals surface area contributed by atoms with Crippen molar-refractivity contribution in [3.63, 3.8) is 0 Å². The van der Waals surface area contributed by atoms with Gasteiger partial charge in [-0.15, -0.1) is 0 Å². The SMILES string of the molecule is CCC(C#CC(O)(O)CC)CC. The van der Waals surface area contributed by atoms with Crippen LogP contribution in [-0.2, 0) is 0 Å². The minimum absolute atomic E-state index is 0.250. The van der Waals surface area contributed by atoms with Crippen LogP contribution >= 0.6 is 0 Å². The molecule has 0 aliphatic rings. The summed E-state index contributed by atoms with van der Waals surface area (Å²) >= 11 is 0. The molecule has 0 spiro atoms. The van der Waals surface area contributed by atoms with Crippen LogP contribution in [-0.4, -0.2) is 16.0 Å². The topological polar surface area (TPSA) is 40.5 Å². The molecule has 2 heteroatoms. The van der Waals surface area contributed by atoms with E-state index in [1.807, 2.05) is 13.8 Å². The molecule has 0 aromatic heterocycles. The van der Waals surface area contributed by atoms with Crippen molar-refractivity contribution in [2.24, 2.45) is 5.92 Å². The fourth-order valence-corrected chi connectivity index (χ4v) is 0.799. The monoisotopic (exact) mass is 170 g/mol. The van der Waals surface area contributed by atoms with E-state index in [0.717, 1.165) is 12.8 Å². The van der Waals surface area contributed by atoms with Gasteiger partial charge in [0.25, 0.3) is 0 Å². The Kier molecular flexibility index (Phi) is 4.96. The van der Waals surface area contributed by atoms with Gasteiger partial charge in [0.15, 0.2) is 0 Å². The van der Waals surface area contributed by atoms with Crippen LogP contribution in [0.25, 0.3) is 0 Å². The quantitative estimate of drug-likeness (QED) is 0.498. The van der Waals surface area contributed by atoms with Crippen LogP contribution in [0.5, 0.6) is 0 Å². The number of rotatable bonds is 3. The molecule has 0 radical (unpaired) electrons. The fraction of sp³-hybridized carbons (Fsp3) is 0.800. The second-order valence-electron chi connectivity index (χ2n) is 2.95. The molecule has 0 saturated heterocycles. The molecule has 0 heterocycles. The summed E-state index contributed by atoms with van der Waals surface area (Å²) in [7, 11) is 0. The Bertz CT molecular complexity index is 170. The van der Waals surface area contributed by atoms with Gasteiger partial charge < -0.3 is 10.2 Å². The highest BCUT2D eigenvalue weighted by molar-refractivity contribution is 5.10. The highest BCUT2D eigenvalue weighted by Gasteiger charge is 2.15. The molecule has 0 saturated carbocycles. The van der Waals surface area contributed by atoms with Crippen molar-refractivity contribution >= 4 is 0 Å². The van der Waals surface area contributed by atoms with E-state index in [-0.39, 0.29) is 12.3 Å². The van der Waals surface area contributed by atoms with E-state index in [0.29, 0.717) is 0 Å². The molecule has 0 amide bonds. The first-order valence-electron chi connectivity index (χ1n) is 4.53. The normalized spacial score (nSPS) is 11.2. The Morgan fingerprint density at radius 2 is 1.67 bits per heavy atom. The van der Waals surface area contributed by atoms with E-state index in [4.69, 9.17) is 10.2 Å². The zero-order valence-corrected chi connectivity index (χ0v) is 8.09. The standard InChI is InChI=1S/C10H18O2/c1-4-9(5-2)7-8-10(11,12)6-3/h9,11-12H,4-6H2,1-3H3. The summed E-state index contributed by atoms with van der Waals surface area (Å²) in [5.74, 6) is 3.83. The largest absolute Gasteiger partial charge is 0.356 e. The second kappa shape index (κ2) is 5.18. The van der Waals surface area contributed by atoms with Gasteiger partial charge in [0, 0.05) is 12.3 Å². The maximum absolute atomic E-state index is 9.15. The first-order chi connectivity index (χ1) is 5.55. The number of hydrogen-bond donors (Lipinski definition) is 2. The van der Waals surface area contributed by atoms with Crippen LogP contribution in [0.15, 0.2) is 0 Å². The summed E-state index contributed by atoms with van der Waals surface area (Å²) < 4.78 is 0. The Morgan fingerprint density at radius 1 is 1.17 bits per heavy atom. The van der Waals surface area contributed by atoms with Crippen molar-refractivity contribution in [1.82, 2.24) is 0 Å². The highest BCUT2D eigenvalue weighted by Crippen LogP contribution is 2.07. The zero-order valence-electron chi connectivity index (χ0n) is 8.09. The Labute approximate surface area is 74.6 Å². The second-order valence-corrected chi connectivity index (χ2v) is 2.95. The molecule has 0 aliphatic heterocycles. The van der Waals surface area contributed by atoms with Gasteiger partial charge in [-0.3, -0.25) is 0 Å². The van der Waals surface area contributed by atoms with Crippen LogP contribution < -0.4 is 0 Å². The van der Waals surface area contributed by atoms with E-state index in [2.05, 4.69) is 11.8 Å². The van der Waals surface area contributed by atoms with Crippen LogP contribution in [0.4, 0.5) is 0 Å². The highest BCUT2D eigenvalue weighted by atomic mass is 16.5. The van der Waals surface area contributed by atoms with E-state index < -0.39 is 5.79 Å². The predicted octanol–water partition coefficient (Wildman–Crippen LogP) is 1.52. The summed E-state index contributed by atoms with van der Waals surface area (Å²) in [5, 5.41) is 18.3. The lowest BCUT2D eigenvalue weighted by molar-refractivity contribution is -0.110. The molecule has 12 heavy (non-hydrogen) atoms. The molecule has 0 fully saturated rings. The molecule has 0 aromatic rings. The Balaban J connectivity index is 4.16. The van der Waals surface area contributed by atoms with Gasteiger partial charge in [-0.25, -0.2) is 0 Å². The lowest BCUT2D eigenvalue weighted by atomic mass is 10.0. The average Bonchev–Trinajstić information content (AvgIpc) is 2.06. The van der Waals surface area contributed by atoms with E-state index >= 15 is 0 Å². The molecule has 0 rings (SSSR count).